The Morgan fingerprint density at radius 3 is 2.55 bits per heavy atom. The molecule has 0 bridgehead atoms. The number of carbonyl (C=O) groups excluding carboxylic acids is 1. The molecule has 2 unspecified atom stereocenters. The first-order valence-corrected chi connectivity index (χ1v) is 7.67. The maximum Gasteiger partial charge on any atom is 0.237 e. The Bertz CT molecular complexity index is 332. The normalized spacial score (nSPS) is 28.2. The van der Waals surface area contributed by atoms with Gasteiger partial charge in [-0.2, -0.15) is 0 Å². The largest absolute Gasteiger partial charge is 0.378 e. The number of nitrogens with two attached hydrogens (primary N) is 1. The van der Waals surface area contributed by atoms with Crippen molar-refractivity contribution in [2.24, 2.45) is 17.1 Å². The highest BCUT2D eigenvalue weighted by molar-refractivity contribution is 5.85. The van der Waals surface area contributed by atoms with Gasteiger partial charge in [-0.15, -0.1) is 12.4 Å². The molecule has 2 fully saturated rings. The van der Waals surface area contributed by atoms with Gasteiger partial charge in [0.05, 0.1) is 12.1 Å². The van der Waals surface area contributed by atoms with Crippen LogP contribution in [0.15, 0.2) is 0 Å². The lowest BCUT2D eigenvalue weighted by Gasteiger charge is -2.61. The van der Waals surface area contributed by atoms with Crippen LogP contribution in [0.1, 0.15) is 52.9 Å². The van der Waals surface area contributed by atoms with Gasteiger partial charge in [-0.3, -0.25) is 4.79 Å². The van der Waals surface area contributed by atoms with Gasteiger partial charge in [-0.1, -0.05) is 20.3 Å². The van der Waals surface area contributed by atoms with Crippen molar-refractivity contribution in [3.63, 3.8) is 0 Å². The van der Waals surface area contributed by atoms with E-state index < -0.39 is 0 Å². The number of hydrogen-bond donors (Lipinski definition) is 2. The zero-order valence-corrected chi connectivity index (χ0v) is 13.7. The zero-order chi connectivity index (χ0) is 14.0. The molecule has 1 amide bonds. The van der Waals surface area contributed by atoms with E-state index in [1.165, 1.54) is 19.3 Å². The topological polar surface area (TPSA) is 64.3 Å². The summed E-state index contributed by atoms with van der Waals surface area (Å²) in [6, 6.07) is -0.0909. The van der Waals surface area contributed by atoms with Crippen LogP contribution in [0.2, 0.25) is 0 Å². The molecule has 0 saturated heterocycles. The van der Waals surface area contributed by atoms with Crippen LogP contribution in [0.25, 0.3) is 0 Å². The molecule has 0 aliphatic heterocycles. The molecule has 2 aliphatic rings. The molecule has 2 saturated carbocycles. The van der Waals surface area contributed by atoms with Gasteiger partial charge in [0.15, 0.2) is 0 Å². The number of ether oxygens (including phenoxy) is 1. The molecule has 0 aromatic rings. The van der Waals surface area contributed by atoms with Crippen LogP contribution in [0.4, 0.5) is 0 Å². The first-order valence-electron chi connectivity index (χ1n) is 7.67. The fourth-order valence-electron chi connectivity index (χ4n) is 3.53. The summed E-state index contributed by atoms with van der Waals surface area (Å²) in [4.78, 5) is 12.1. The van der Waals surface area contributed by atoms with Crippen LogP contribution >= 0.6 is 12.4 Å². The van der Waals surface area contributed by atoms with Crippen LogP contribution in [-0.4, -0.2) is 30.7 Å². The van der Waals surface area contributed by atoms with E-state index in [2.05, 4.69) is 19.2 Å². The molecule has 0 aromatic heterocycles. The first-order chi connectivity index (χ1) is 8.99. The minimum Gasteiger partial charge on any atom is -0.378 e. The van der Waals surface area contributed by atoms with Crippen molar-refractivity contribution in [1.29, 1.82) is 0 Å². The molecule has 0 heterocycles. The summed E-state index contributed by atoms with van der Waals surface area (Å²) in [6.45, 7) is 6.99. The third-order valence-electron chi connectivity index (χ3n) is 4.82. The van der Waals surface area contributed by atoms with E-state index in [0.29, 0.717) is 12.0 Å². The molecule has 2 aliphatic carbocycles. The van der Waals surface area contributed by atoms with E-state index in [1.54, 1.807) is 0 Å². The first kappa shape index (κ1) is 17.7. The Morgan fingerprint density at radius 2 is 2.10 bits per heavy atom. The van der Waals surface area contributed by atoms with Gasteiger partial charge in [-0.25, -0.2) is 0 Å². The van der Waals surface area contributed by atoms with Gasteiger partial charge in [0.25, 0.3) is 0 Å². The van der Waals surface area contributed by atoms with Crippen LogP contribution in [0, 0.1) is 11.3 Å². The summed E-state index contributed by atoms with van der Waals surface area (Å²) < 4.78 is 5.79. The highest BCUT2D eigenvalue weighted by Gasteiger charge is 2.59. The van der Waals surface area contributed by atoms with Gasteiger partial charge in [0.1, 0.15) is 0 Å². The number of halogens is 1. The summed E-state index contributed by atoms with van der Waals surface area (Å²) in [7, 11) is 0. The van der Waals surface area contributed by atoms with Gasteiger partial charge < -0.3 is 15.8 Å². The van der Waals surface area contributed by atoms with Crippen molar-refractivity contribution in [3.8, 4) is 0 Å². The molecule has 20 heavy (non-hydrogen) atoms. The highest BCUT2D eigenvalue weighted by Crippen LogP contribution is 2.57. The van der Waals surface area contributed by atoms with E-state index in [1.807, 2.05) is 6.92 Å². The molecular formula is C15H29ClN2O2. The minimum atomic E-state index is -0.372. The molecule has 0 radical (unpaired) electrons. The van der Waals surface area contributed by atoms with E-state index in [0.717, 1.165) is 19.4 Å². The monoisotopic (exact) mass is 304 g/mol. The molecule has 2 rings (SSSR count). The molecule has 1 spiro atoms. The summed E-state index contributed by atoms with van der Waals surface area (Å²) in [6.07, 6.45) is 5.67. The fraction of sp³-hybridized carbons (Fsp3) is 0.933. The average molecular weight is 305 g/mol. The zero-order valence-electron chi connectivity index (χ0n) is 12.9. The Balaban J connectivity index is 0.00000200. The SMILES string of the molecule is CCOC1CC(NC(=O)[C@@H](N)CC(C)C)C12CCC2.Cl. The molecule has 3 N–H and O–H groups in total. The van der Waals surface area contributed by atoms with Crippen molar-refractivity contribution in [3.05, 3.63) is 0 Å². The van der Waals surface area contributed by atoms with Gasteiger partial charge in [0.2, 0.25) is 5.91 Å². The van der Waals surface area contributed by atoms with E-state index in [-0.39, 0.29) is 35.8 Å². The smallest absolute Gasteiger partial charge is 0.237 e. The summed E-state index contributed by atoms with van der Waals surface area (Å²) >= 11 is 0. The van der Waals surface area contributed by atoms with Crippen LogP contribution in [-0.2, 0) is 9.53 Å². The maximum absolute atomic E-state index is 12.1. The van der Waals surface area contributed by atoms with Crippen molar-refractivity contribution in [1.82, 2.24) is 5.32 Å². The van der Waals surface area contributed by atoms with Crippen molar-refractivity contribution in [2.45, 2.75) is 71.1 Å². The van der Waals surface area contributed by atoms with Crippen molar-refractivity contribution < 1.29 is 9.53 Å². The third-order valence-corrected chi connectivity index (χ3v) is 4.82. The van der Waals surface area contributed by atoms with E-state index >= 15 is 0 Å². The molecule has 118 valence electrons. The van der Waals surface area contributed by atoms with E-state index in [4.69, 9.17) is 10.5 Å². The molecule has 0 aromatic carbocycles. The number of nitrogens with one attached hydrogen (secondary N) is 1. The summed E-state index contributed by atoms with van der Waals surface area (Å²) in [5.41, 5.74) is 6.17. The summed E-state index contributed by atoms with van der Waals surface area (Å²) in [5, 5.41) is 3.16. The highest BCUT2D eigenvalue weighted by atomic mass is 35.5. The van der Waals surface area contributed by atoms with Crippen LogP contribution < -0.4 is 11.1 Å². The lowest BCUT2D eigenvalue weighted by Crippen LogP contribution is -2.68. The second kappa shape index (κ2) is 7.10. The standard InChI is InChI=1S/C15H28N2O2.ClH/c1-4-19-13-9-12(15(13)6-5-7-15)17-14(18)11(16)8-10(2)3;/h10-13H,4-9,16H2,1-3H3,(H,17,18);1H/t11-,12?,13?;/m0./s1. The molecule has 5 heteroatoms. The lowest BCUT2D eigenvalue weighted by atomic mass is 9.51. The quantitative estimate of drug-likeness (QED) is 0.791. The Morgan fingerprint density at radius 1 is 1.45 bits per heavy atom. The predicted molar refractivity (Wildman–Crippen MR) is 82.9 cm³/mol. The Labute approximate surface area is 128 Å². The Kier molecular flexibility index (Phi) is 6.29. The van der Waals surface area contributed by atoms with E-state index in [9.17, 15) is 4.79 Å². The van der Waals surface area contributed by atoms with Crippen molar-refractivity contribution >= 4 is 18.3 Å². The van der Waals surface area contributed by atoms with Gasteiger partial charge >= 0.3 is 0 Å². The molecule has 3 atom stereocenters. The summed E-state index contributed by atoms with van der Waals surface area (Å²) in [5.74, 6) is 0.468. The molecule has 4 nitrogen and oxygen atoms in total. The number of rotatable bonds is 6. The third kappa shape index (κ3) is 3.29. The molecular weight excluding hydrogens is 276 g/mol. The second-order valence-corrected chi connectivity index (χ2v) is 6.56. The lowest BCUT2D eigenvalue weighted by molar-refractivity contribution is -0.176. The number of hydrogen-bond acceptors (Lipinski definition) is 3. The van der Waals surface area contributed by atoms with Gasteiger partial charge in [-0.05, 0) is 38.5 Å². The number of amides is 1. The maximum atomic E-state index is 12.1. The van der Waals surface area contributed by atoms with Crippen LogP contribution in [0.5, 0.6) is 0 Å². The van der Waals surface area contributed by atoms with Gasteiger partial charge in [0, 0.05) is 18.1 Å². The van der Waals surface area contributed by atoms with Crippen LogP contribution in [0.3, 0.4) is 0 Å². The Hall–Kier alpha value is -0.320. The predicted octanol–water partition coefficient (Wildman–Crippen LogP) is 2.25. The van der Waals surface area contributed by atoms with Crippen molar-refractivity contribution in [2.75, 3.05) is 6.61 Å². The average Bonchev–Trinajstić information content (AvgIpc) is 2.23. The second-order valence-electron chi connectivity index (χ2n) is 6.56. The minimum absolute atomic E-state index is 0. The fourth-order valence-corrected chi connectivity index (χ4v) is 3.53. The number of carbonyl (C=O) groups is 1.